The van der Waals surface area contributed by atoms with Crippen LogP contribution in [0.2, 0.25) is 0 Å². The van der Waals surface area contributed by atoms with Crippen LogP contribution in [0.25, 0.3) is 0 Å². The van der Waals surface area contributed by atoms with Gasteiger partial charge in [-0.1, -0.05) is 18.2 Å². The van der Waals surface area contributed by atoms with E-state index in [-0.39, 0.29) is 17.7 Å². The molecular formula is C19H27N3O3. The monoisotopic (exact) mass is 345 g/mol. The maximum atomic E-state index is 12.5. The van der Waals surface area contributed by atoms with Crippen molar-refractivity contribution in [3.8, 4) is 5.75 Å². The van der Waals surface area contributed by atoms with Gasteiger partial charge in [-0.15, -0.1) is 0 Å². The minimum absolute atomic E-state index is 0.0720. The summed E-state index contributed by atoms with van der Waals surface area (Å²) in [6.45, 7) is 5.10. The fourth-order valence-corrected chi connectivity index (χ4v) is 3.45. The van der Waals surface area contributed by atoms with E-state index in [9.17, 15) is 9.59 Å². The van der Waals surface area contributed by atoms with E-state index in [1.54, 1.807) is 0 Å². The summed E-state index contributed by atoms with van der Waals surface area (Å²) < 4.78 is 5.59. The number of piperidine rings is 1. The van der Waals surface area contributed by atoms with E-state index in [0.29, 0.717) is 26.1 Å². The van der Waals surface area contributed by atoms with Crippen molar-refractivity contribution in [2.45, 2.75) is 19.3 Å². The lowest BCUT2D eigenvalue weighted by Gasteiger charge is -2.35. The van der Waals surface area contributed by atoms with Gasteiger partial charge >= 0.3 is 0 Å². The highest BCUT2D eigenvalue weighted by Gasteiger charge is 2.30. The van der Waals surface area contributed by atoms with Crippen LogP contribution in [0.1, 0.15) is 19.3 Å². The van der Waals surface area contributed by atoms with E-state index in [1.807, 2.05) is 40.1 Å². The van der Waals surface area contributed by atoms with Crippen molar-refractivity contribution in [3.63, 3.8) is 0 Å². The number of hydrogen-bond donors (Lipinski definition) is 1. The third-order valence-corrected chi connectivity index (χ3v) is 4.95. The highest BCUT2D eigenvalue weighted by molar-refractivity contribution is 5.80. The summed E-state index contributed by atoms with van der Waals surface area (Å²) in [4.78, 5) is 28.7. The number of ether oxygens (including phenoxy) is 1. The average Bonchev–Trinajstić information content (AvgIpc) is 2.69. The summed E-state index contributed by atoms with van der Waals surface area (Å²) in [5.41, 5.74) is 0. The molecule has 2 amide bonds. The SMILES string of the molecule is O=C(CCOc1ccccc1)N1CCC(C(=O)N2CCNCC2)CC1. The molecule has 0 atom stereocenters. The van der Waals surface area contributed by atoms with Crippen molar-refractivity contribution in [1.82, 2.24) is 15.1 Å². The third-order valence-electron chi connectivity index (χ3n) is 4.95. The molecule has 1 aromatic rings. The number of carbonyl (C=O) groups is 2. The number of nitrogens with one attached hydrogen (secondary N) is 1. The van der Waals surface area contributed by atoms with Gasteiger partial charge in [0.25, 0.3) is 0 Å². The van der Waals surface area contributed by atoms with E-state index in [1.165, 1.54) is 0 Å². The van der Waals surface area contributed by atoms with Gasteiger partial charge in [-0.3, -0.25) is 9.59 Å². The summed E-state index contributed by atoms with van der Waals surface area (Å²) in [5.74, 6) is 1.24. The fourth-order valence-electron chi connectivity index (χ4n) is 3.45. The molecule has 2 fully saturated rings. The highest BCUT2D eigenvalue weighted by atomic mass is 16.5. The average molecular weight is 345 g/mol. The van der Waals surface area contributed by atoms with Crippen molar-refractivity contribution >= 4 is 11.8 Å². The van der Waals surface area contributed by atoms with Crippen LogP contribution in [0.3, 0.4) is 0 Å². The van der Waals surface area contributed by atoms with Gasteiger partial charge in [-0.2, -0.15) is 0 Å². The van der Waals surface area contributed by atoms with E-state index < -0.39 is 0 Å². The number of benzene rings is 1. The van der Waals surface area contributed by atoms with Gasteiger partial charge in [-0.05, 0) is 25.0 Å². The van der Waals surface area contributed by atoms with E-state index >= 15 is 0 Å². The highest BCUT2D eigenvalue weighted by Crippen LogP contribution is 2.20. The van der Waals surface area contributed by atoms with Crippen LogP contribution in [-0.2, 0) is 9.59 Å². The number of rotatable bonds is 5. The Balaban J connectivity index is 1.37. The second-order valence-corrected chi connectivity index (χ2v) is 6.64. The van der Waals surface area contributed by atoms with Gasteiger partial charge < -0.3 is 19.9 Å². The molecule has 6 nitrogen and oxygen atoms in total. The standard InChI is InChI=1S/C19H27N3O3/c23-18(8-15-25-17-4-2-1-3-5-17)21-11-6-16(7-12-21)19(24)22-13-9-20-10-14-22/h1-5,16,20H,6-15H2. The molecule has 0 unspecified atom stereocenters. The molecule has 0 aromatic heterocycles. The molecule has 25 heavy (non-hydrogen) atoms. The maximum Gasteiger partial charge on any atom is 0.225 e. The maximum absolute atomic E-state index is 12.5. The van der Waals surface area contributed by atoms with Gasteiger partial charge in [0.1, 0.15) is 5.75 Å². The van der Waals surface area contributed by atoms with Crippen LogP contribution in [0.15, 0.2) is 30.3 Å². The normalized spacial score (nSPS) is 18.9. The molecule has 3 rings (SSSR count). The molecule has 0 bridgehead atoms. The molecule has 0 spiro atoms. The van der Waals surface area contributed by atoms with Crippen molar-refractivity contribution in [1.29, 1.82) is 0 Å². The number of likely N-dealkylation sites (tertiary alicyclic amines) is 1. The molecule has 2 aliphatic rings. The predicted molar refractivity (Wildman–Crippen MR) is 95.3 cm³/mol. The minimum atomic E-state index is 0.0720. The van der Waals surface area contributed by atoms with Crippen LogP contribution < -0.4 is 10.1 Å². The number of para-hydroxylation sites is 1. The number of hydrogen-bond acceptors (Lipinski definition) is 4. The quantitative estimate of drug-likeness (QED) is 0.869. The molecule has 2 saturated heterocycles. The van der Waals surface area contributed by atoms with Gasteiger partial charge in [-0.25, -0.2) is 0 Å². The van der Waals surface area contributed by atoms with Crippen LogP contribution in [0.5, 0.6) is 5.75 Å². The predicted octanol–water partition coefficient (Wildman–Crippen LogP) is 1.13. The molecule has 2 aliphatic heterocycles. The first-order chi connectivity index (χ1) is 12.2. The smallest absolute Gasteiger partial charge is 0.225 e. The Hall–Kier alpha value is -2.08. The van der Waals surface area contributed by atoms with E-state index in [4.69, 9.17) is 4.74 Å². The van der Waals surface area contributed by atoms with Crippen molar-refractivity contribution in [2.24, 2.45) is 5.92 Å². The Morgan fingerprint density at radius 3 is 2.36 bits per heavy atom. The Bertz CT molecular complexity index is 565. The molecule has 0 saturated carbocycles. The Morgan fingerprint density at radius 2 is 1.68 bits per heavy atom. The van der Waals surface area contributed by atoms with Gasteiger partial charge in [0.2, 0.25) is 11.8 Å². The van der Waals surface area contributed by atoms with Crippen molar-refractivity contribution < 1.29 is 14.3 Å². The number of amides is 2. The van der Waals surface area contributed by atoms with Crippen LogP contribution in [-0.4, -0.2) is 67.5 Å². The Kier molecular flexibility index (Phi) is 6.28. The fraction of sp³-hybridized carbons (Fsp3) is 0.579. The number of carbonyl (C=O) groups excluding carboxylic acids is 2. The van der Waals surface area contributed by atoms with Crippen molar-refractivity contribution in [2.75, 3.05) is 45.9 Å². The summed E-state index contributed by atoms with van der Waals surface area (Å²) in [6, 6.07) is 9.54. The third kappa shape index (κ3) is 4.95. The summed E-state index contributed by atoms with van der Waals surface area (Å²) >= 11 is 0. The molecular weight excluding hydrogens is 318 g/mol. The first-order valence-corrected chi connectivity index (χ1v) is 9.19. The summed E-state index contributed by atoms with van der Waals surface area (Å²) in [6.07, 6.45) is 1.92. The zero-order chi connectivity index (χ0) is 17.5. The van der Waals surface area contributed by atoms with Crippen LogP contribution >= 0.6 is 0 Å². The summed E-state index contributed by atoms with van der Waals surface area (Å²) in [5, 5.41) is 3.27. The molecule has 6 heteroatoms. The van der Waals surface area contributed by atoms with Crippen molar-refractivity contribution in [3.05, 3.63) is 30.3 Å². The Labute approximate surface area is 149 Å². The number of piperazine rings is 1. The zero-order valence-corrected chi connectivity index (χ0v) is 14.7. The van der Waals surface area contributed by atoms with E-state index in [0.717, 1.165) is 44.8 Å². The largest absolute Gasteiger partial charge is 0.493 e. The zero-order valence-electron chi connectivity index (χ0n) is 14.7. The second kappa shape index (κ2) is 8.85. The van der Waals surface area contributed by atoms with Gasteiger partial charge in [0, 0.05) is 45.2 Å². The van der Waals surface area contributed by atoms with Gasteiger partial charge in [0.15, 0.2) is 0 Å². The molecule has 0 aliphatic carbocycles. The molecule has 1 aromatic carbocycles. The van der Waals surface area contributed by atoms with E-state index in [2.05, 4.69) is 5.32 Å². The lowest BCUT2D eigenvalue weighted by molar-refractivity contribution is -0.141. The first kappa shape index (κ1) is 17.7. The second-order valence-electron chi connectivity index (χ2n) is 6.64. The Morgan fingerprint density at radius 1 is 1.00 bits per heavy atom. The lowest BCUT2D eigenvalue weighted by Crippen LogP contribution is -2.50. The number of nitrogens with zero attached hydrogens (tertiary/aromatic N) is 2. The summed E-state index contributed by atoms with van der Waals surface area (Å²) in [7, 11) is 0. The van der Waals surface area contributed by atoms with Crippen LogP contribution in [0.4, 0.5) is 0 Å². The van der Waals surface area contributed by atoms with Gasteiger partial charge in [0.05, 0.1) is 13.0 Å². The molecule has 2 heterocycles. The molecule has 136 valence electrons. The topological polar surface area (TPSA) is 61.9 Å². The lowest BCUT2D eigenvalue weighted by atomic mass is 9.95. The molecule has 1 N–H and O–H groups in total. The molecule has 0 radical (unpaired) electrons. The van der Waals surface area contributed by atoms with Crippen LogP contribution in [0, 0.1) is 5.92 Å². The first-order valence-electron chi connectivity index (χ1n) is 9.19. The minimum Gasteiger partial charge on any atom is -0.493 e.